The number of carbonyl (C=O) groups is 1. The highest BCUT2D eigenvalue weighted by Crippen LogP contribution is 2.22. The molecule has 0 bridgehead atoms. The van der Waals surface area contributed by atoms with E-state index in [-0.39, 0.29) is 22.8 Å². The van der Waals surface area contributed by atoms with E-state index in [0.717, 1.165) is 0 Å². The third kappa shape index (κ3) is 4.82. The fraction of sp³-hybridized carbons (Fsp3) is 0.462. The third-order valence-corrected chi connectivity index (χ3v) is 3.36. The first-order valence-electron chi connectivity index (χ1n) is 6.03. The largest absolute Gasteiger partial charge is 0.496 e. The Morgan fingerprint density at radius 1 is 1.35 bits per heavy atom. The van der Waals surface area contributed by atoms with Gasteiger partial charge in [0.25, 0.3) is 0 Å². The Morgan fingerprint density at radius 3 is 2.40 bits per heavy atom. The van der Waals surface area contributed by atoms with Gasteiger partial charge in [-0.15, -0.1) is 0 Å². The van der Waals surface area contributed by atoms with Crippen molar-refractivity contribution in [3.05, 3.63) is 23.8 Å². The Bertz CT molecular complexity index is 603. The van der Waals surface area contributed by atoms with E-state index < -0.39 is 10.0 Å². The maximum atomic E-state index is 11.9. The van der Waals surface area contributed by atoms with Crippen LogP contribution < -0.4 is 15.2 Å². The van der Waals surface area contributed by atoms with Gasteiger partial charge in [0, 0.05) is 11.1 Å². The number of nitrogens with one attached hydrogen (secondary N) is 1. The molecule has 20 heavy (non-hydrogen) atoms. The minimum atomic E-state index is -3.81. The van der Waals surface area contributed by atoms with E-state index in [1.807, 2.05) is 20.8 Å². The second kappa shape index (κ2) is 5.80. The summed E-state index contributed by atoms with van der Waals surface area (Å²) in [6, 6.07) is 4.19. The van der Waals surface area contributed by atoms with Crippen molar-refractivity contribution in [2.45, 2.75) is 37.6 Å². The lowest BCUT2D eigenvalue weighted by Gasteiger charge is -2.21. The zero-order valence-electron chi connectivity index (χ0n) is 12.1. The molecule has 0 saturated heterocycles. The number of nitrogens with two attached hydrogens (primary N) is 1. The summed E-state index contributed by atoms with van der Waals surface area (Å²) >= 11 is 0. The molecule has 0 atom stereocenters. The molecular formula is C13H20N2O4S. The first-order chi connectivity index (χ1) is 9.03. The number of benzene rings is 1. The van der Waals surface area contributed by atoms with Crippen molar-refractivity contribution < 1.29 is 17.9 Å². The summed E-state index contributed by atoms with van der Waals surface area (Å²) in [5, 5.41) is 7.88. The summed E-state index contributed by atoms with van der Waals surface area (Å²) in [6.45, 7) is 5.59. The summed E-state index contributed by atoms with van der Waals surface area (Å²) in [6.07, 6.45) is 0.0177. The Morgan fingerprint density at radius 2 is 1.95 bits per heavy atom. The van der Waals surface area contributed by atoms with Crippen LogP contribution in [0, 0.1) is 0 Å². The van der Waals surface area contributed by atoms with E-state index in [4.69, 9.17) is 9.88 Å². The van der Waals surface area contributed by atoms with E-state index in [9.17, 15) is 13.2 Å². The van der Waals surface area contributed by atoms with Crippen LogP contribution in [-0.2, 0) is 21.2 Å². The molecule has 1 rings (SSSR count). The van der Waals surface area contributed by atoms with Gasteiger partial charge in [0.15, 0.2) is 0 Å². The molecule has 7 heteroatoms. The number of hydrogen-bond acceptors (Lipinski definition) is 4. The number of sulfonamides is 1. The van der Waals surface area contributed by atoms with Crippen molar-refractivity contribution in [2.75, 3.05) is 7.11 Å². The number of hydrogen-bond donors (Lipinski definition) is 2. The van der Waals surface area contributed by atoms with Gasteiger partial charge in [-0.05, 0) is 39.0 Å². The molecule has 0 fully saturated rings. The normalized spacial score (nSPS) is 12.1. The topological polar surface area (TPSA) is 98.5 Å². The average Bonchev–Trinajstić information content (AvgIpc) is 2.24. The second-order valence-corrected chi connectivity index (χ2v) is 7.06. The van der Waals surface area contributed by atoms with Crippen LogP contribution in [0.1, 0.15) is 26.3 Å². The zero-order valence-corrected chi connectivity index (χ0v) is 12.9. The smallest absolute Gasteiger partial charge is 0.238 e. The van der Waals surface area contributed by atoms with Crippen LogP contribution in [0.3, 0.4) is 0 Å². The average molecular weight is 300 g/mol. The molecule has 3 N–H and O–H groups in total. The van der Waals surface area contributed by atoms with Crippen molar-refractivity contribution in [3.63, 3.8) is 0 Å². The number of methoxy groups -OCH3 is 1. The molecule has 6 nitrogen and oxygen atoms in total. The van der Waals surface area contributed by atoms with Crippen LogP contribution in [0.5, 0.6) is 5.75 Å². The summed E-state index contributed by atoms with van der Waals surface area (Å²) in [5.74, 6) is 0.226. The van der Waals surface area contributed by atoms with Gasteiger partial charge in [0.05, 0.1) is 18.4 Å². The Kier molecular flexibility index (Phi) is 4.77. The predicted octanol–water partition coefficient (Wildman–Crippen LogP) is 0.800. The fourth-order valence-corrected chi connectivity index (χ4v) is 2.27. The van der Waals surface area contributed by atoms with Gasteiger partial charge in [0.1, 0.15) is 5.75 Å². The van der Waals surface area contributed by atoms with Crippen molar-refractivity contribution in [1.29, 1.82) is 0 Å². The monoisotopic (exact) mass is 300 g/mol. The van der Waals surface area contributed by atoms with E-state index >= 15 is 0 Å². The van der Waals surface area contributed by atoms with Crippen LogP contribution >= 0.6 is 0 Å². The highest BCUT2D eigenvalue weighted by atomic mass is 32.2. The lowest BCUT2D eigenvalue weighted by molar-refractivity contribution is -0.121. The van der Waals surface area contributed by atoms with Gasteiger partial charge in [-0.25, -0.2) is 13.6 Å². The lowest BCUT2D eigenvalue weighted by atomic mass is 10.1. The van der Waals surface area contributed by atoms with Crippen LogP contribution in [0.25, 0.3) is 0 Å². The Labute approximate surface area is 119 Å². The van der Waals surface area contributed by atoms with Crippen LogP contribution in [0.15, 0.2) is 23.1 Å². The molecular weight excluding hydrogens is 280 g/mol. The SMILES string of the molecule is COc1ccc(S(N)(=O)=O)cc1CC(=O)NC(C)(C)C. The van der Waals surface area contributed by atoms with Crippen LogP contribution in [-0.4, -0.2) is 27.0 Å². The number of rotatable bonds is 4. The maximum absolute atomic E-state index is 11.9. The number of primary sulfonamides is 1. The first kappa shape index (κ1) is 16.5. The van der Waals surface area contributed by atoms with Gasteiger partial charge in [-0.1, -0.05) is 0 Å². The summed E-state index contributed by atoms with van der Waals surface area (Å²) < 4.78 is 27.8. The quantitative estimate of drug-likeness (QED) is 0.859. The fourth-order valence-electron chi connectivity index (χ4n) is 1.71. The molecule has 0 radical (unpaired) electrons. The molecule has 0 unspecified atom stereocenters. The Balaban J connectivity index is 3.07. The van der Waals surface area contributed by atoms with Crippen molar-refractivity contribution >= 4 is 15.9 Å². The highest BCUT2D eigenvalue weighted by molar-refractivity contribution is 7.89. The van der Waals surface area contributed by atoms with E-state index in [2.05, 4.69) is 5.32 Å². The minimum Gasteiger partial charge on any atom is -0.496 e. The number of carbonyl (C=O) groups excluding carboxylic acids is 1. The molecule has 0 heterocycles. The molecule has 0 aromatic heterocycles. The predicted molar refractivity (Wildman–Crippen MR) is 76.0 cm³/mol. The first-order valence-corrected chi connectivity index (χ1v) is 7.58. The van der Waals surface area contributed by atoms with Gasteiger partial charge in [-0.2, -0.15) is 0 Å². The minimum absolute atomic E-state index is 0.0177. The molecule has 0 spiro atoms. The highest BCUT2D eigenvalue weighted by Gasteiger charge is 2.17. The molecule has 0 aliphatic carbocycles. The Hall–Kier alpha value is -1.60. The van der Waals surface area contributed by atoms with Crippen molar-refractivity contribution in [3.8, 4) is 5.75 Å². The number of amides is 1. The molecule has 112 valence electrons. The lowest BCUT2D eigenvalue weighted by Crippen LogP contribution is -2.41. The van der Waals surface area contributed by atoms with Crippen LogP contribution in [0.4, 0.5) is 0 Å². The molecule has 1 amide bonds. The molecule has 0 aliphatic rings. The van der Waals surface area contributed by atoms with Crippen LogP contribution in [0.2, 0.25) is 0 Å². The van der Waals surface area contributed by atoms with Gasteiger partial charge in [-0.3, -0.25) is 4.79 Å². The summed E-state index contributed by atoms with van der Waals surface area (Å²) in [4.78, 5) is 11.9. The molecule has 1 aromatic carbocycles. The second-order valence-electron chi connectivity index (χ2n) is 5.49. The molecule has 0 aliphatic heterocycles. The van der Waals surface area contributed by atoms with Gasteiger partial charge < -0.3 is 10.1 Å². The van der Waals surface area contributed by atoms with Gasteiger partial charge >= 0.3 is 0 Å². The molecule has 1 aromatic rings. The summed E-state index contributed by atoms with van der Waals surface area (Å²) in [5.41, 5.74) is 0.114. The van der Waals surface area contributed by atoms with Crippen molar-refractivity contribution in [2.24, 2.45) is 5.14 Å². The van der Waals surface area contributed by atoms with Crippen molar-refractivity contribution in [1.82, 2.24) is 5.32 Å². The number of ether oxygens (including phenoxy) is 1. The molecule has 0 saturated carbocycles. The van der Waals surface area contributed by atoms with E-state index in [0.29, 0.717) is 11.3 Å². The maximum Gasteiger partial charge on any atom is 0.238 e. The standard InChI is InChI=1S/C13H20N2O4S/c1-13(2,3)15-12(16)8-9-7-10(20(14,17)18)5-6-11(9)19-4/h5-7H,8H2,1-4H3,(H,15,16)(H2,14,17,18). The zero-order chi connectivity index (χ0) is 15.6. The third-order valence-electron chi connectivity index (χ3n) is 2.45. The summed E-state index contributed by atoms with van der Waals surface area (Å²) in [7, 11) is -2.35. The van der Waals surface area contributed by atoms with E-state index in [1.165, 1.54) is 25.3 Å². The van der Waals surface area contributed by atoms with E-state index in [1.54, 1.807) is 0 Å². The van der Waals surface area contributed by atoms with Gasteiger partial charge in [0.2, 0.25) is 15.9 Å².